The van der Waals surface area contributed by atoms with Gasteiger partial charge in [-0.15, -0.1) is 0 Å². The quantitative estimate of drug-likeness (QED) is 0.456. The molecule has 0 spiro atoms. The van der Waals surface area contributed by atoms with Gasteiger partial charge in [-0.1, -0.05) is 13.8 Å². The van der Waals surface area contributed by atoms with E-state index in [2.05, 4.69) is 10.6 Å². The van der Waals surface area contributed by atoms with Crippen molar-refractivity contribution in [1.82, 2.24) is 10.6 Å². The van der Waals surface area contributed by atoms with Gasteiger partial charge in [-0.05, 0) is 6.92 Å². The van der Waals surface area contributed by atoms with Crippen LogP contribution in [0.15, 0.2) is 0 Å². The summed E-state index contributed by atoms with van der Waals surface area (Å²) in [4.78, 5) is 22.4. The number of amides is 2. The predicted octanol–water partition coefficient (Wildman–Crippen LogP) is 0.775. The highest BCUT2D eigenvalue weighted by Crippen LogP contribution is 1.94. The molecule has 0 aromatic heterocycles. The molecular weight excluding hydrogens is 307 g/mol. The SMILES string of the molecule is CCOCC(=O)NCCOCCOCC(F)CNC(=O)C(C)C.[HH].[HH]. The molecule has 0 rings (SSSR count). The summed E-state index contributed by atoms with van der Waals surface area (Å²) in [6.45, 7) is 7.02. The summed E-state index contributed by atoms with van der Waals surface area (Å²) >= 11 is 0. The summed E-state index contributed by atoms with van der Waals surface area (Å²) in [6.07, 6.45) is -1.24. The smallest absolute Gasteiger partial charge is 0.246 e. The summed E-state index contributed by atoms with van der Waals surface area (Å²) < 4.78 is 28.7. The van der Waals surface area contributed by atoms with Crippen LogP contribution in [0, 0.1) is 5.92 Å². The lowest BCUT2D eigenvalue weighted by atomic mass is 10.2. The summed E-state index contributed by atoms with van der Waals surface area (Å²) in [5.41, 5.74) is 0. The molecule has 0 aliphatic carbocycles. The minimum atomic E-state index is -1.24. The molecule has 0 aliphatic heterocycles. The van der Waals surface area contributed by atoms with Gasteiger partial charge in [0, 0.05) is 21.9 Å². The van der Waals surface area contributed by atoms with Crippen LogP contribution in [0.2, 0.25) is 0 Å². The van der Waals surface area contributed by atoms with E-state index < -0.39 is 6.17 Å². The van der Waals surface area contributed by atoms with Gasteiger partial charge in [0.1, 0.15) is 12.8 Å². The van der Waals surface area contributed by atoms with Gasteiger partial charge in [-0.3, -0.25) is 9.59 Å². The van der Waals surface area contributed by atoms with Crippen LogP contribution in [0.3, 0.4) is 0 Å². The largest absolute Gasteiger partial charge is 0.377 e. The van der Waals surface area contributed by atoms with Gasteiger partial charge in [0.25, 0.3) is 0 Å². The second kappa shape index (κ2) is 14.3. The lowest BCUT2D eigenvalue weighted by Crippen LogP contribution is -2.35. The van der Waals surface area contributed by atoms with E-state index in [1.807, 2.05) is 6.92 Å². The molecule has 23 heavy (non-hydrogen) atoms. The Bertz CT molecular complexity index is 339. The fourth-order valence-corrected chi connectivity index (χ4v) is 1.41. The van der Waals surface area contributed by atoms with Crippen molar-refractivity contribution in [3.63, 3.8) is 0 Å². The number of ether oxygens (including phenoxy) is 3. The molecule has 140 valence electrons. The van der Waals surface area contributed by atoms with Crippen molar-refractivity contribution in [1.29, 1.82) is 0 Å². The molecule has 7 nitrogen and oxygen atoms in total. The van der Waals surface area contributed by atoms with Crippen molar-refractivity contribution in [2.24, 2.45) is 5.92 Å². The zero-order valence-corrected chi connectivity index (χ0v) is 14.2. The van der Waals surface area contributed by atoms with Crippen molar-refractivity contribution < 1.29 is 31.0 Å². The van der Waals surface area contributed by atoms with E-state index in [9.17, 15) is 14.0 Å². The average molecular weight is 340 g/mol. The molecule has 0 saturated heterocycles. The molecule has 0 saturated carbocycles. The van der Waals surface area contributed by atoms with Gasteiger partial charge in [0.05, 0.1) is 33.0 Å². The van der Waals surface area contributed by atoms with E-state index in [4.69, 9.17) is 14.2 Å². The number of halogens is 1. The Labute approximate surface area is 140 Å². The number of carbonyl (C=O) groups is 2. The maximum Gasteiger partial charge on any atom is 0.246 e. The normalized spacial score (nSPS) is 12.2. The van der Waals surface area contributed by atoms with E-state index >= 15 is 0 Å². The average Bonchev–Trinajstić information content (AvgIpc) is 2.52. The highest BCUT2D eigenvalue weighted by atomic mass is 19.1. The molecule has 1 atom stereocenters. The first-order valence-electron chi connectivity index (χ1n) is 7.89. The minimum absolute atomic E-state index is 0. The molecule has 0 fully saturated rings. The van der Waals surface area contributed by atoms with Crippen molar-refractivity contribution in [3.8, 4) is 0 Å². The molecule has 0 radical (unpaired) electrons. The second-order valence-electron chi connectivity index (χ2n) is 5.17. The molecule has 1 unspecified atom stereocenters. The van der Waals surface area contributed by atoms with E-state index in [0.29, 0.717) is 26.4 Å². The van der Waals surface area contributed by atoms with E-state index in [1.54, 1.807) is 13.8 Å². The molecular formula is C15H33FN2O5. The zero-order valence-electron chi connectivity index (χ0n) is 14.2. The Kier molecular flexibility index (Phi) is 13.6. The summed E-state index contributed by atoms with van der Waals surface area (Å²) in [5, 5.41) is 5.13. The predicted molar refractivity (Wildman–Crippen MR) is 88.1 cm³/mol. The number of hydrogen-bond acceptors (Lipinski definition) is 5. The lowest BCUT2D eigenvalue weighted by Gasteiger charge is -2.12. The van der Waals surface area contributed by atoms with Crippen LogP contribution in [-0.4, -0.2) is 70.7 Å². The monoisotopic (exact) mass is 340 g/mol. The van der Waals surface area contributed by atoms with Crippen LogP contribution >= 0.6 is 0 Å². The first-order chi connectivity index (χ1) is 11.0. The Morgan fingerprint density at radius 2 is 1.78 bits per heavy atom. The standard InChI is InChI=1S/C15H29FN2O5.2H2/c1-4-21-11-14(19)17-5-6-22-7-8-23-10-13(16)9-18-15(20)12(2)3;;/h12-13H,4-11H2,1-3H3,(H,17,19)(H,18,20);2*1H. The third kappa shape index (κ3) is 14.1. The molecule has 0 aliphatic rings. The van der Waals surface area contributed by atoms with Crippen LogP contribution in [0.4, 0.5) is 4.39 Å². The molecule has 0 aromatic rings. The maximum atomic E-state index is 13.4. The fraction of sp³-hybridized carbons (Fsp3) is 0.867. The first-order valence-corrected chi connectivity index (χ1v) is 7.89. The molecule has 0 aromatic carbocycles. The Balaban J connectivity index is -0.00000242. The van der Waals surface area contributed by atoms with Gasteiger partial charge in [0.2, 0.25) is 11.8 Å². The van der Waals surface area contributed by atoms with Crippen LogP contribution in [0.5, 0.6) is 0 Å². The van der Waals surface area contributed by atoms with Gasteiger partial charge in [-0.25, -0.2) is 4.39 Å². The maximum absolute atomic E-state index is 13.4. The molecule has 2 amide bonds. The van der Waals surface area contributed by atoms with Crippen LogP contribution < -0.4 is 10.6 Å². The second-order valence-corrected chi connectivity index (χ2v) is 5.17. The van der Waals surface area contributed by atoms with Crippen molar-refractivity contribution in [2.75, 3.05) is 52.7 Å². The molecule has 8 heteroatoms. The lowest BCUT2D eigenvalue weighted by molar-refractivity contribution is -0.126. The van der Waals surface area contributed by atoms with E-state index in [0.717, 1.165) is 0 Å². The molecule has 0 heterocycles. The molecule has 0 bridgehead atoms. The Morgan fingerprint density at radius 1 is 1.09 bits per heavy atom. The Hall–Kier alpha value is -1.25. The highest BCUT2D eigenvalue weighted by Gasteiger charge is 2.11. The fourth-order valence-electron chi connectivity index (χ4n) is 1.41. The number of nitrogens with one attached hydrogen (secondary N) is 2. The summed E-state index contributed by atoms with van der Waals surface area (Å²) in [7, 11) is 0. The van der Waals surface area contributed by atoms with Gasteiger partial charge >= 0.3 is 0 Å². The summed E-state index contributed by atoms with van der Waals surface area (Å²) in [6, 6.07) is 0. The van der Waals surface area contributed by atoms with Crippen LogP contribution in [0.1, 0.15) is 23.6 Å². The number of rotatable bonds is 14. The third-order valence-corrected chi connectivity index (χ3v) is 2.70. The number of carbonyl (C=O) groups excluding carboxylic acids is 2. The Morgan fingerprint density at radius 3 is 2.43 bits per heavy atom. The van der Waals surface area contributed by atoms with Gasteiger partial charge in [0.15, 0.2) is 0 Å². The minimum Gasteiger partial charge on any atom is -0.377 e. The number of hydrogen-bond donors (Lipinski definition) is 2. The third-order valence-electron chi connectivity index (χ3n) is 2.70. The van der Waals surface area contributed by atoms with Crippen molar-refractivity contribution in [2.45, 2.75) is 26.9 Å². The topological polar surface area (TPSA) is 85.9 Å². The van der Waals surface area contributed by atoms with Gasteiger partial charge in [-0.2, -0.15) is 0 Å². The van der Waals surface area contributed by atoms with Crippen molar-refractivity contribution in [3.05, 3.63) is 0 Å². The van der Waals surface area contributed by atoms with Crippen LogP contribution in [-0.2, 0) is 23.8 Å². The first kappa shape index (κ1) is 21.8. The van der Waals surface area contributed by atoms with Crippen LogP contribution in [0.25, 0.3) is 0 Å². The number of alkyl halides is 1. The van der Waals surface area contributed by atoms with E-state index in [-0.39, 0.29) is 47.0 Å². The van der Waals surface area contributed by atoms with Crippen molar-refractivity contribution >= 4 is 11.8 Å². The highest BCUT2D eigenvalue weighted by molar-refractivity contribution is 5.77. The van der Waals surface area contributed by atoms with E-state index in [1.165, 1.54) is 0 Å². The zero-order chi connectivity index (χ0) is 17.5. The molecule has 2 N–H and O–H groups in total. The summed E-state index contributed by atoms with van der Waals surface area (Å²) in [5.74, 6) is -0.525. The van der Waals surface area contributed by atoms with Gasteiger partial charge < -0.3 is 24.8 Å².